The molecular weight excluding hydrogens is 324 g/mol. The van der Waals surface area contributed by atoms with Crippen LogP contribution in [0.5, 0.6) is 0 Å². The van der Waals surface area contributed by atoms with Crippen molar-refractivity contribution in [3.8, 4) is 6.07 Å². The fourth-order valence-corrected chi connectivity index (χ4v) is 2.89. The number of aryl methyl sites for hydroxylation is 2. The number of hydrogen-bond acceptors (Lipinski definition) is 2. The molecule has 0 bridgehead atoms. The fraction of sp³-hybridized carbons (Fsp3) is 0.133. The van der Waals surface area contributed by atoms with Crippen molar-refractivity contribution < 1.29 is 0 Å². The summed E-state index contributed by atoms with van der Waals surface area (Å²) in [6.07, 6.45) is 0. The summed E-state index contributed by atoms with van der Waals surface area (Å²) in [7, 11) is 0. The Morgan fingerprint density at radius 1 is 1.21 bits per heavy atom. The average molecular weight is 336 g/mol. The molecule has 2 rings (SSSR count). The van der Waals surface area contributed by atoms with E-state index in [1.807, 2.05) is 38.1 Å². The zero-order chi connectivity index (χ0) is 14.0. The molecule has 0 aliphatic heterocycles. The number of halogens is 2. The van der Waals surface area contributed by atoms with Crippen molar-refractivity contribution in [2.75, 3.05) is 5.32 Å². The number of rotatable bonds is 2. The first-order chi connectivity index (χ1) is 9.02. The van der Waals surface area contributed by atoms with Gasteiger partial charge in [0.1, 0.15) is 6.07 Å². The lowest BCUT2D eigenvalue weighted by atomic mass is 10.1. The second-order valence-electron chi connectivity index (χ2n) is 4.31. The predicted molar refractivity (Wildman–Crippen MR) is 83.1 cm³/mol. The Morgan fingerprint density at radius 2 is 1.84 bits per heavy atom. The average Bonchev–Trinajstić information content (AvgIpc) is 2.34. The van der Waals surface area contributed by atoms with Crippen molar-refractivity contribution in [2.24, 2.45) is 0 Å². The fourth-order valence-electron chi connectivity index (χ4n) is 1.98. The lowest BCUT2D eigenvalue weighted by Gasteiger charge is -2.15. The monoisotopic (exact) mass is 334 g/mol. The van der Waals surface area contributed by atoms with E-state index < -0.39 is 0 Å². The van der Waals surface area contributed by atoms with Crippen LogP contribution in [-0.4, -0.2) is 0 Å². The van der Waals surface area contributed by atoms with E-state index in [9.17, 15) is 5.26 Å². The number of nitriles is 1. The highest BCUT2D eigenvalue weighted by atomic mass is 79.9. The standard InChI is InChI=1S/C15H12BrClN2/c1-9-6-11(16)7-10(2)15(9)19-14-5-3-4-13(17)12(14)8-18/h3-7,19H,1-2H3. The van der Waals surface area contributed by atoms with E-state index in [0.29, 0.717) is 10.6 Å². The normalized spacial score (nSPS) is 10.1. The van der Waals surface area contributed by atoms with Crippen molar-refractivity contribution in [3.63, 3.8) is 0 Å². The molecule has 0 aliphatic carbocycles. The van der Waals surface area contributed by atoms with Crippen LogP contribution in [0.25, 0.3) is 0 Å². The van der Waals surface area contributed by atoms with Gasteiger partial charge < -0.3 is 5.32 Å². The van der Waals surface area contributed by atoms with E-state index in [-0.39, 0.29) is 0 Å². The van der Waals surface area contributed by atoms with Crippen LogP contribution in [0.15, 0.2) is 34.8 Å². The van der Waals surface area contributed by atoms with Crippen LogP contribution in [-0.2, 0) is 0 Å². The summed E-state index contributed by atoms with van der Waals surface area (Å²) in [5, 5.41) is 12.9. The first-order valence-electron chi connectivity index (χ1n) is 5.75. The summed E-state index contributed by atoms with van der Waals surface area (Å²) in [5.74, 6) is 0. The third-order valence-corrected chi connectivity index (χ3v) is 3.66. The molecular formula is C15H12BrClN2. The van der Waals surface area contributed by atoms with Crippen LogP contribution in [0.2, 0.25) is 5.02 Å². The molecule has 0 atom stereocenters. The Labute approximate surface area is 126 Å². The molecule has 0 fully saturated rings. The number of anilines is 2. The van der Waals surface area contributed by atoms with E-state index in [1.165, 1.54) is 0 Å². The lowest BCUT2D eigenvalue weighted by Crippen LogP contribution is -1.98. The Bertz CT molecular complexity index is 651. The third-order valence-electron chi connectivity index (χ3n) is 2.88. The summed E-state index contributed by atoms with van der Waals surface area (Å²) in [6, 6.07) is 11.6. The van der Waals surface area contributed by atoms with Crippen molar-refractivity contribution in [1.29, 1.82) is 5.26 Å². The molecule has 0 spiro atoms. The maximum atomic E-state index is 9.18. The molecule has 0 radical (unpaired) electrons. The van der Waals surface area contributed by atoms with Gasteiger partial charge in [-0.3, -0.25) is 0 Å². The molecule has 0 heterocycles. The summed E-state index contributed by atoms with van der Waals surface area (Å²) in [4.78, 5) is 0. The largest absolute Gasteiger partial charge is 0.354 e. The minimum absolute atomic E-state index is 0.458. The second kappa shape index (κ2) is 5.64. The first-order valence-corrected chi connectivity index (χ1v) is 6.92. The van der Waals surface area contributed by atoms with Crippen LogP contribution in [0.4, 0.5) is 11.4 Å². The molecule has 0 aliphatic rings. The van der Waals surface area contributed by atoms with E-state index >= 15 is 0 Å². The van der Waals surface area contributed by atoms with Crippen LogP contribution < -0.4 is 5.32 Å². The third kappa shape index (κ3) is 2.91. The summed E-state index contributed by atoms with van der Waals surface area (Å²) in [6.45, 7) is 4.05. The van der Waals surface area contributed by atoms with Gasteiger partial charge in [0.05, 0.1) is 16.3 Å². The van der Waals surface area contributed by atoms with E-state index in [1.54, 1.807) is 6.07 Å². The smallest absolute Gasteiger partial charge is 0.103 e. The minimum atomic E-state index is 0.458. The summed E-state index contributed by atoms with van der Waals surface area (Å²) >= 11 is 9.50. The van der Waals surface area contributed by atoms with Crippen LogP contribution >= 0.6 is 27.5 Å². The second-order valence-corrected chi connectivity index (χ2v) is 5.64. The van der Waals surface area contributed by atoms with Crippen molar-refractivity contribution in [1.82, 2.24) is 0 Å². The zero-order valence-electron chi connectivity index (χ0n) is 10.6. The predicted octanol–water partition coefficient (Wildman–Crippen LogP) is 5.33. The highest BCUT2D eigenvalue weighted by molar-refractivity contribution is 9.10. The van der Waals surface area contributed by atoms with Gasteiger partial charge in [-0.15, -0.1) is 0 Å². The number of nitrogens with one attached hydrogen (secondary N) is 1. The van der Waals surface area contributed by atoms with Crippen molar-refractivity contribution >= 4 is 38.9 Å². The Morgan fingerprint density at radius 3 is 2.42 bits per heavy atom. The molecule has 4 heteroatoms. The van der Waals surface area contributed by atoms with Gasteiger partial charge in [-0.2, -0.15) is 5.26 Å². The van der Waals surface area contributed by atoms with Gasteiger partial charge in [0.2, 0.25) is 0 Å². The van der Waals surface area contributed by atoms with Gasteiger partial charge in [-0.25, -0.2) is 0 Å². The SMILES string of the molecule is Cc1cc(Br)cc(C)c1Nc1cccc(Cl)c1C#N. The maximum absolute atomic E-state index is 9.18. The van der Waals surface area contributed by atoms with Gasteiger partial charge in [-0.05, 0) is 49.2 Å². The quantitative estimate of drug-likeness (QED) is 0.804. The maximum Gasteiger partial charge on any atom is 0.103 e. The number of benzene rings is 2. The molecule has 0 aromatic heterocycles. The molecule has 0 saturated heterocycles. The van der Waals surface area contributed by atoms with Gasteiger partial charge in [0, 0.05) is 10.2 Å². The number of hydrogen-bond donors (Lipinski definition) is 1. The van der Waals surface area contributed by atoms with Crippen LogP contribution in [0.3, 0.4) is 0 Å². The van der Waals surface area contributed by atoms with Gasteiger partial charge in [-0.1, -0.05) is 33.6 Å². The Kier molecular flexibility index (Phi) is 4.14. The van der Waals surface area contributed by atoms with Crippen molar-refractivity contribution in [3.05, 3.63) is 56.5 Å². The molecule has 0 amide bonds. The Hall–Kier alpha value is -1.50. The van der Waals surface area contributed by atoms with Gasteiger partial charge >= 0.3 is 0 Å². The minimum Gasteiger partial charge on any atom is -0.354 e. The van der Waals surface area contributed by atoms with E-state index in [0.717, 1.165) is 27.0 Å². The molecule has 0 saturated carbocycles. The lowest BCUT2D eigenvalue weighted by molar-refractivity contribution is 1.34. The van der Waals surface area contributed by atoms with E-state index in [4.69, 9.17) is 11.6 Å². The van der Waals surface area contributed by atoms with Crippen molar-refractivity contribution in [2.45, 2.75) is 13.8 Å². The molecule has 1 N–H and O–H groups in total. The highest BCUT2D eigenvalue weighted by Crippen LogP contribution is 2.31. The molecule has 96 valence electrons. The first kappa shape index (κ1) is 13.9. The molecule has 2 nitrogen and oxygen atoms in total. The topological polar surface area (TPSA) is 35.8 Å². The Balaban J connectivity index is 2.49. The number of nitrogens with zero attached hydrogens (tertiary/aromatic N) is 1. The summed E-state index contributed by atoms with van der Waals surface area (Å²) < 4.78 is 1.04. The molecule has 2 aromatic carbocycles. The van der Waals surface area contributed by atoms with E-state index in [2.05, 4.69) is 27.3 Å². The van der Waals surface area contributed by atoms with Gasteiger partial charge in [0.15, 0.2) is 0 Å². The molecule has 0 unspecified atom stereocenters. The van der Waals surface area contributed by atoms with Crippen LogP contribution in [0.1, 0.15) is 16.7 Å². The van der Waals surface area contributed by atoms with Gasteiger partial charge in [0.25, 0.3) is 0 Å². The summed E-state index contributed by atoms with van der Waals surface area (Å²) in [5.41, 5.74) is 4.41. The zero-order valence-corrected chi connectivity index (χ0v) is 12.9. The highest BCUT2D eigenvalue weighted by Gasteiger charge is 2.09. The molecule has 2 aromatic rings. The molecule has 19 heavy (non-hydrogen) atoms. The van der Waals surface area contributed by atoms with Crippen LogP contribution in [0, 0.1) is 25.2 Å².